The molecule has 3 rings (SSSR count). The van der Waals surface area contributed by atoms with E-state index in [-0.39, 0.29) is 0 Å². The number of aliphatic hydroxyl groups excluding tert-OH is 1. The van der Waals surface area contributed by atoms with Crippen LogP contribution in [0.2, 0.25) is 0 Å². The zero-order valence-corrected chi connectivity index (χ0v) is 16.0. The molecular weight excluding hydrogens is 328 g/mol. The van der Waals surface area contributed by atoms with Crippen LogP contribution in [0.25, 0.3) is 11.1 Å². The van der Waals surface area contributed by atoms with Gasteiger partial charge in [-0.15, -0.1) is 0 Å². The van der Waals surface area contributed by atoms with Crippen molar-refractivity contribution in [1.29, 1.82) is 0 Å². The highest BCUT2D eigenvalue weighted by Gasteiger charge is 2.28. The fraction of sp³-hybridized carbons (Fsp3) is 0.429. The predicted octanol–water partition coefficient (Wildman–Crippen LogP) is 2.63. The van der Waals surface area contributed by atoms with E-state index in [9.17, 15) is 5.11 Å². The van der Waals surface area contributed by atoms with Gasteiger partial charge in [0.1, 0.15) is 30.8 Å². The van der Waals surface area contributed by atoms with Crippen molar-refractivity contribution in [2.75, 3.05) is 54.5 Å². The Morgan fingerprint density at radius 3 is 1.96 bits per heavy atom. The quantitative estimate of drug-likeness (QED) is 0.788. The van der Waals surface area contributed by atoms with Gasteiger partial charge >= 0.3 is 0 Å². The standard InChI is InChI=1S/C21H28N2O3/c1-22(2)9-11-25-15-6-8-18-19(13-15)17-7-5-16(14-20(17)21(18)24)26-12-10-23(3)4/h5-8,13-14,21,24H,9-12H2,1-4H3. The Hall–Kier alpha value is -2.08. The van der Waals surface area contributed by atoms with Crippen molar-refractivity contribution in [3.8, 4) is 22.6 Å². The number of nitrogens with zero attached hydrogens (tertiary/aromatic N) is 2. The average Bonchev–Trinajstić information content (AvgIpc) is 2.86. The number of hydrogen-bond acceptors (Lipinski definition) is 5. The number of benzene rings is 2. The SMILES string of the molecule is CN(C)CCOc1ccc2c(c1)-c1ccc(OCCN(C)C)cc1C2O. The summed E-state index contributed by atoms with van der Waals surface area (Å²) in [6.45, 7) is 2.98. The molecule has 1 N–H and O–H groups in total. The Bertz CT molecular complexity index is 759. The monoisotopic (exact) mass is 356 g/mol. The molecule has 0 amide bonds. The summed E-state index contributed by atoms with van der Waals surface area (Å²) in [5.41, 5.74) is 3.90. The average molecular weight is 356 g/mol. The summed E-state index contributed by atoms with van der Waals surface area (Å²) >= 11 is 0. The topological polar surface area (TPSA) is 45.2 Å². The highest BCUT2D eigenvalue weighted by atomic mass is 16.5. The van der Waals surface area contributed by atoms with Crippen LogP contribution in [-0.2, 0) is 0 Å². The summed E-state index contributed by atoms with van der Waals surface area (Å²) < 4.78 is 11.6. The van der Waals surface area contributed by atoms with E-state index in [4.69, 9.17) is 9.47 Å². The summed E-state index contributed by atoms with van der Waals surface area (Å²) in [4.78, 5) is 4.17. The zero-order chi connectivity index (χ0) is 18.7. The van der Waals surface area contributed by atoms with Crippen molar-refractivity contribution in [1.82, 2.24) is 9.80 Å². The first kappa shape index (κ1) is 18.7. The van der Waals surface area contributed by atoms with Crippen molar-refractivity contribution in [2.24, 2.45) is 0 Å². The molecule has 0 saturated carbocycles. The van der Waals surface area contributed by atoms with Crippen molar-refractivity contribution in [3.63, 3.8) is 0 Å². The van der Waals surface area contributed by atoms with E-state index >= 15 is 0 Å². The lowest BCUT2D eigenvalue weighted by molar-refractivity contribution is 0.223. The molecule has 140 valence electrons. The fourth-order valence-electron chi connectivity index (χ4n) is 3.06. The van der Waals surface area contributed by atoms with E-state index in [0.29, 0.717) is 13.2 Å². The number of aliphatic hydroxyl groups is 1. The second-order valence-electron chi connectivity index (χ2n) is 7.20. The summed E-state index contributed by atoms with van der Waals surface area (Å²) in [5, 5.41) is 10.7. The molecule has 0 aliphatic heterocycles. The maximum absolute atomic E-state index is 10.7. The van der Waals surface area contributed by atoms with Crippen molar-refractivity contribution < 1.29 is 14.6 Å². The van der Waals surface area contributed by atoms with Crippen LogP contribution in [0.15, 0.2) is 36.4 Å². The second-order valence-corrected chi connectivity index (χ2v) is 7.20. The zero-order valence-electron chi connectivity index (χ0n) is 16.0. The summed E-state index contributed by atoms with van der Waals surface area (Å²) in [6.07, 6.45) is -0.617. The van der Waals surface area contributed by atoms with Crippen LogP contribution in [0.1, 0.15) is 17.2 Å². The lowest BCUT2D eigenvalue weighted by Crippen LogP contribution is -2.19. The van der Waals surface area contributed by atoms with Crippen LogP contribution in [0, 0.1) is 0 Å². The van der Waals surface area contributed by atoms with Crippen molar-refractivity contribution in [2.45, 2.75) is 6.10 Å². The van der Waals surface area contributed by atoms with Crippen molar-refractivity contribution >= 4 is 0 Å². The smallest absolute Gasteiger partial charge is 0.120 e. The predicted molar refractivity (Wildman–Crippen MR) is 104 cm³/mol. The molecule has 5 nitrogen and oxygen atoms in total. The van der Waals surface area contributed by atoms with Gasteiger partial charge in [-0.2, -0.15) is 0 Å². The highest BCUT2D eigenvalue weighted by molar-refractivity contribution is 5.79. The van der Waals surface area contributed by atoms with Gasteiger partial charge in [0.15, 0.2) is 0 Å². The molecule has 0 aromatic heterocycles. The van der Waals surface area contributed by atoms with E-state index < -0.39 is 6.10 Å². The molecule has 0 radical (unpaired) electrons. The maximum Gasteiger partial charge on any atom is 0.120 e. The molecule has 0 heterocycles. The van der Waals surface area contributed by atoms with E-state index in [0.717, 1.165) is 46.8 Å². The molecule has 0 bridgehead atoms. The van der Waals surface area contributed by atoms with Gasteiger partial charge in [0, 0.05) is 13.1 Å². The van der Waals surface area contributed by atoms with Gasteiger partial charge in [-0.3, -0.25) is 0 Å². The molecule has 1 aliphatic carbocycles. The molecule has 0 fully saturated rings. The largest absolute Gasteiger partial charge is 0.492 e. The van der Waals surface area contributed by atoms with Crippen LogP contribution in [-0.4, -0.2) is 69.4 Å². The second kappa shape index (κ2) is 8.08. The Balaban J connectivity index is 1.76. The molecular formula is C21H28N2O3. The molecule has 0 spiro atoms. The number of ether oxygens (including phenoxy) is 2. The first-order valence-electron chi connectivity index (χ1n) is 8.97. The number of hydrogen-bond donors (Lipinski definition) is 1. The van der Waals surface area contributed by atoms with Crippen LogP contribution in [0.5, 0.6) is 11.5 Å². The molecule has 1 unspecified atom stereocenters. The van der Waals surface area contributed by atoms with E-state index in [1.165, 1.54) is 0 Å². The molecule has 1 atom stereocenters. The number of fused-ring (bicyclic) bond motifs is 3. The highest BCUT2D eigenvalue weighted by Crippen LogP contribution is 2.45. The van der Waals surface area contributed by atoms with E-state index in [1.54, 1.807) is 0 Å². The van der Waals surface area contributed by atoms with Crippen LogP contribution < -0.4 is 9.47 Å². The van der Waals surface area contributed by atoms with Crippen molar-refractivity contribution in [3.05, 3.63) is 47.5 Å². The maximum atomic E-state index is 10.7. The van der Waals surface area contributed by atoms with Gasteiger partial charge in [0.05, 0.1) is 0 Å². The van der Waals surface area contributed by atoms with Crippen LogP contribution in [0.3, 0.4) is 0 Å². The van der Waals surface area contributed by atoms with Gasteiger partial charge in [0.2, 0.25) is 0 Å². The third-order valence-electron chi connectivity index (χ3n) is 4.54. The lowest BCUT2D eigenvalue weighted by atomic mass is 10.1. The molecule has 5 heteroatoms. The first-order chi connectivity index (χ1) is 12.5. The Kier molecular flexibility index (Phi) is 5.81. The van der Waals surface area contributed by atoms with Gasteiger partial charge in [0.25, 0.3) is 0 Å². The molecule has 1 aliphatic rings. The third kappa shape index (κ3) is 4.18. The molecule has 26 heavy (non-hydrogen) atoms. The molecule has 2 aromatic rings. The minimum absolute atomic E-state index is 0.617. The Morgan fingerprint density at radius 2 is 1.35 bits per heavy atom. The summed E-state index contributed by atoms with van der Waals surface area (Å²) in [5.74, 6) is 1.62. The van der Waals surface area contributed by atoms with Gasteiger partial charge in [-0.05, 0) is 74.7 Å². The minimum atomic E-state index is -0.617. The normalized spacial score (nSPS) is 15.3. The number of rotatable bonds is 8. The lowest BCUT2D eigenvalue weighted by Gasteiger charge is -2.12. The van der Waals surface area contributed by atoms with Crippen LogP contribution in [0.4, 0.5) is 0 Å². The Labute approximate surface area is 155 Å². The van der Waals surface area contributed by atoms with E-state index in [2.05, 4.69) is 9.80 Å². The van der Waals surface area contributed by atoms with Crippen LogP contribution >= 0.6 is 0 Å². The van der Waals surface area contributed by atoms with Gasteiger partial charge in [-0.25, -0.2) is 0 Å². The summed E-state index contributed by atoms with van der Waals surface area (Å²) in [6, 6.07) is 11.8. The third-order valence-corrected chi connectivity index (χ3v) is 4.54. The van der Waals surface area contributed by atoms with Gasteiger partial charge < -0.3 is 24.4 Å². The van der Waals surface area contributed by atoms with E-state index in [1.807, 2.05) is 64.6 Å². The Morgan fingerprint density at radius 1 is 0.769 bits per heavy atom. The summed E-state index contributed by atoms with van der Waals surface area (Å²) in [7, 11) is 8.09. The minimum Gasteiger partial charge on any atom is -0.492 e. The molecule has 0 saturated heterocycles. The van der Waals surface area contributed by atoms with Gasteiger partial charge in [-0.1, -0.05) is 12.1 Å². The fourth-order valence-corrected chi connectivity index (χ4v) is 3.06. The number of likely N-dealkylation sites (N-methyl/N-ethyl adjacent to an activating group) is 2. The first-order valence-corrected chi connectivity index (χ1v) is 8.97. The molecule has 2 aromatic carbocycles.